The molecule has 2 aromatic rings. The number of ether oxygens (including phenoxy) is 1. The molecule has 5 heteroatoms. The van der Waals surface area contributed by atoms with Gasteiger partial charge in [0, 0.05) is 12.6 Å². The van der Waals surface area contributed by atoms with E-state index in [1.54, 1.807) is 0 Å². The molecule has 0 bridgehead atoms. The number of hydrogen-bond donors (Lipinski definition) is 2. The molecule has 4 nitrogen and oxygen atoms in total. The van der Waals surface area contributed by atoms with Gasteiger partial charge in [0.25, 0.3) is 5.91 Å². The topological polar surface area (TPSA) is 50.4 Å². The molecule has 120 valence electrons. The normalized spacial score (nSPS) is 11.5. The maximum absolute atomic E-state index is 11.7. The van der Waals surface area contributed by atoms with E-state index in [2.05, 4.69) is 10.6 Å². The minimum atomic E-state index is -0.104. The standard InChI is InChI=1S/C17H22N2O2.ClH/c1-3-18-13(2)11-19-17(20)12-21-16-9-8-14-6-4-5-7-15(14)10-16;/h4-10,13,18H,3,11-12H2,1-2H3,(H,19,20);1H/t13-;/m1./s1. The van der Waals surface area contributed by atoms with Gasteiger partial charge in [-0.25, -0.2) is 0 Å². The van der Waals surface area contributed by atoms with Crippen LogP contribution in [0.25, 0.3) is 10.8 Å². The molecule has 0 aliphatic rings. The van der Waals surface area contributed by atoms with E-state index in [9.17, 15) is 4.79 Å². The number of fused-ring (bicyclic) bond motifs is 1. The summed E-state index contributed by atoms with van der Waals surface area (Å²) in [5.41, 5.74) is 0. The van der Waals surface area contributed by atoms with E-state index in [-0.39, 0.29) is 31.0 Å². The highest BCUT2D eigenvalue weighted by Crippen LogP contribution is 2.20. The van der Waals surface area contributed by atoms with Crippen LogP contribution in [-0.4, -0.2) is 31.6 Å². The zero-order valence-electron chi connectivity index (χ0n) is 13.0. The zero-order chi connectivity index (χ0) is 15.1. The van der Waals surface area contributed by atoms with Gasteiger partial charge < -0.3 is 15.4 Å². The van der Waals surface area contributed by atoms with Crippen LogP contribution in [0.1, 0.15) is 13.8 Å². The summed E-state index contributed by atoms with van der Waals surface area (Å²) in [6.45, 7) is 5.62. The van der Waals surface area contributed by atoms with Gasteiger partial charge in [-0.15, -0.1) is 12.4 Å². The van der Waals surface area contributed by atoms with Crippen molar-refractivity contribution in [2.75, 3.05) is 19.7 Å². The number of carbonyl (C=O) groups is 1. The Balaban J connectivity index is 0.00000242. The van der Waals surface area contributed by atoms with E-state index in [1.807, 2.05) is 56.3 Å². The second-order valence-corrected chi connectivity index (χ2v) is 5.06. The van der Waals surface area contributed by atoms with Gasteiger partial charge in [-0.05, 0) is 36.4 Å². The summed E-state index contributed by atoms with van der Waals surface area (Å²) < 4.78 is 5.54. The lowest BCUT2D eigenvalue weighted by molar-refractivity contribution is -0.123. The van der Waals surface area contributed by atoms with Crippen molar-refractivity contribution in [3.05, 3.63) is 42.5 Å². The lowest BCUT2D eigenvalue weighted by atomic mass is 10.1. The first-order chi connectivity index (χ1) is 10.2. The fourth-order valence-electron chi connectivity index (χ4n) is 2.14. The first-order valence-corrected chi connectivity index (χ1v) is 7.30. The molecule has 0 unspecified atom stereocenters. The van der Waals surface area contributed by atoms with Crippen LogP contribution in [0.4, 0.5) is 0 Å². The van der Waals surface area contributed by atoms with E-state index in [4.69, 9.17) is 4.74 Å². The molecule has 0 aliphatic carbocycles. The number of amides is 1. The van der Waals surface area contributed by atoms with E-state index < -0.39 is 0 Å². The van der Waals surface area contributed by atoms with E-state index in [1.165, 1.54) is 0 Å². The maximum atomic E-state index is 11.7. The molecule has 0 saturated carbocycles. The van der Waals surface area contributed by atoms with E-state index in [0.717, 1.165) is 17.3 Å². The largest absolute Gasteiger partial charge is 0.484 e. The maximum Gasteiger partial charge on any atom is 0.257 e. The van der Waals surface area contributed by atoms with Crippen LogP contribution in [0.5, 0.6) is 5.75 Å². The number of hydrogen-bond acceptors (Lipinski definition) is 3. The minimum absolute atomic E-state index is 0. The van der Waals surface area contributed by atoms with Gasteiger partial charge in [0.2, 0.25) is 0 Å². The highest BCUT2D eigenvalue weighted by Gasteiger charge is 2.05. The summed E-state index contributed by atoms with van der Waals surface area (Å²) in [5, 5.41) is 8.36. The van der Waals surface area contributed by atoms with Gasteiger partial charge in [0.05, 0.1) is 0 Å². The van der Waals surface area contributed by atoms with Crippen molar-refractivity contribution in [1.82, 2.24) is 10.6 Å². The Morgan fingerprint density at radius 2 is 1.91 bits per heavy atom. The Kier molecular flexibility index (Phi) is 7.71. The van der Waals surface area contributed by atoms with Gasteiger partial charge in [-0.1, -0.05) is 37.3 Å². The Hall–Kier alpha value is -1.78. The van der Waals surface area contributed by atoms with Crippen molar-refractivity contribution in [3.8, 4) is 5.75 Å². The third-order valence-electron chi connectivity index (χ3n) is 3.25. The van der Waals surface area contributed by atoms with Gasteiger partial charge in [0.1, 0.15) is 5.75 Å². The van der Waals surface area contributed by atoms with E-state index in [0.29, 0.717) is 12.3 Å². The summed E-state index contributed by atoms with van der Waals surface area (Å²) in [7, 11) is 0. The number of rotatable bonds is 7. The van der Waals surface area contributed by atoms with Crippen LogP contribution in [0.15, 0.2) is 42.5 Å². The van der Waals surface area contributed by atoms with Gasteiger partial charge in [-0.3, -0.25) is 4.79 Å². The molecule has 2 rings (SSSR count). The van der Waals surface area contributed by atoms with Crippen molar-refractivity contribution in [1.29, 1.82) is 0 Å². The highest BCUT2D eigenvalue weighted by atomic mass is 35.5. The molecule has 0 saturated heterocycles. The fourth-order valence-corrected chi connectivity index (χ4v) is 2.14. The molecule has 0 aliphatic heterocycles. The summed E-state index contributed by atoms with van der Waals surface area (Å²) in [6, 6.07) is 14.2. The number of halogens is 1. The van der Waals surface area contributed by atoms with Crippen LogP contribution in [0.2, 0.25) is 0 Å². The quantitative estimate of drug-likeness (QED) is 0.824. The molecule has 0 spiro atoms. The molecular formula is C17H23ClN2O2. The molecule has 22 heavy (non-hydrogen) atoms. The van der Waals surface area contributed by atoms with Crippen LogP contribution in [0.3, 0.4) is 0 Å². The molecule has 0 radical (unpaired) electrons. The van der Waals surface area contributed by atoms with Crippen LogP contribution < -0.4 is 15.4 Å². The number of likely N-dealkylation sites (N-methyl/N-ethyl adjacent to an activating group) is 1. The summed E-state index contributed by atoms with van der Waals surface area (Å²) in [5.74, 6) is 0.608. The van der Waals surface area contributed by atoms with Gasteiger partial charge in [0.15, 0.2) is 6.61 Å². The molecule has 1 amide bonds. The van der Waals surface area contributed by atoms with Crippen molar-refractivity contribution in [2.24, 2.45) is 0 Å². The Morgan fingerprint density at radius 3 is 2.64 bits per heavy atom. The third-order valence-corrected chi connectivity index (χ3v) is 3.25. The molecule has 0 aromatic heterocycles. The first kappa shape index (κ1) is 18.3. The predicted octanol–water partition coefficient (Wildman–Crippen LogP) is 2.75. The molecule has 2 N–H and O–H groups in total. The summed E-state index contributed by atoms with van der Waals surface area (Å²) >= 11 is 0. The van der Waals surface area contributed by atoms with Crippen molar-refractivity contribution in [2.45, 2.75) is 19.9 Å². The second kappa shape index (κ2) is 9.28. The van der Waals surface area contributed by atoms with Crippen molar-refractivity contribution in [3.63, 3.8) is 0 Å². The minimum Gasteiger partial charge on any atom is -0.484 e. The van der Waals surface area contributed by atoms with Crippen LogP contribution in [0, 0.1) is 0 Å². The predicted molar refractivity (Wildman–Crippen MR) is 92.8 cm³/mol. The fraction of sp³-hybridized carbons (Fsp3) is 0.353. The van der Waals surface area contributed by atoms with Gasteiger partial charge in [-0.2, -0.15) is 0 Å². The molecule has 0 heterocycles. The molecular weight excluding hydrogens is 300 g/mol. The molecule has 0 fully saturated rings. The lowest BCUT2D eigenvalue weighted by Gasteiger charge is -2.13. The first-order valence-electron chi connectivity index (χ1n) is 7.30. The second-order valence-electron chi connectivity index (χ2n) is 5.06. The Labute approximate surface area is 137 Å². The van der Waals surface area contributed by atoms with Gasteiger partial charge >= 0.3 is 0 Å². The lowest BCUT2D eigenvalue weighted by Crippen LogP contribution is -2.40. The van der Waals surface area contributed by atoms with E-state index >= 15 is 0 Å². The number of nitrogens with one attached hydrogen (secondary N) is 2. The third kappa shape index (κ3) is 5.54. The monoisotopic (exact) mass is 322 g/mol. The average molecular weight is 323 g/mol. The summed E-state index contributed by atoms with van der Waals surface area (Å²) in [4.78, 5) is 11.7. The zero-order valence-corrected chi connectivity index (χ0v) is 13.8. The molecule has 2 aromatic carbocycles. The van der Waals surface area contributed by atoms with Crippen molar-refractivity contribution >= 4 is 29.1 Å². The average Bonchev–Trinajstić information content (AvgIpc) is 2.51. The number of carbonyl (C=O) groups excluding carboxylic acids is 1. The molecule has 1 atom stereocenters. The number of benzene rings is 2. The Morgan fingerprint density at radius 1 is 1.18 bits per heavy atom. The van der Waals surface area contributed by atoms with Crippen LogP contribution in [-0.2, 0) is 4.79 Å². The smallest absolute Gasteiger partial charge is 0.257 e. The van der Waals surface area contributed by atoms with Crippen LogP contribution >= 0.6 is 12.4 Å². The highest BCUT2D eigenvalue weighted by molar-refractivity contribution is 5.85. The SMILES string of the molecule is CCN[C@H](C)CNC(=O)COc1ccc2ccccc2c1.Cl. The van der Waals surface area contributed by atoms with Crippen molar-refractivity contribution < 1.29 is 9.53 Å². The summed E-state index contributed by atoms with van der Waals surface area (Å²) in [6.07, 6.45) is 0. The Bertz CT molecular complexity index is 604.